The average Bonchev–Trinajstić information content (AvgIpc) is 3.42. The highest BCUT2D eigenvalue weighted by Crippen LogP contribution is 2.41. The van der Waals surface area contributed by atoms with Crippen LogP contribution in [0.25, 0.3) is 0 Å². The molecule has 0 aromatic carbocycles. The van der Waals surface area contributed by atoms with Crippen LogP contribution in [-0.4, -0.2) is 32.2 Å². The summed E-state index contributed by atoms with van der Waals surface area (Å²) in [6, 6.07) is 0. The Morgan fingerprint density at radius 2 is 1.13 bits per heavy atom. The van der Waals surface area contributed by atoms with E-state index in [9.17, 15) is 31.9 Å². The van der Waals surface area contributed by atoms with Crippen LogP contribution >= 0.6 is 11.6 Å². The molecule has 0 aromatic heterocycles. The molecule has 77 heavy (non-hydrogen) atoms. The second-order valence-electron chi connectivity index (χ2n) is 19.8. The Hall–Kier alpha value is -3.33. The number of allylic oxidation sites excluding steroid dienone is 17. The largest absolute Gasteiger partial charge is 0.617 e. The topological polar surface area (TPSA) is 58.6 Å². The van der Waals surface area contributed by atoms with Crippen molar-refractivity contribution in [3.05, 3.63) is 146 Å². The summed E-state index contributed by atoms with van der Waals surface area (Å²) >= 11 is 5.13. The van der Waals surface area contributed by atoms with Gasteiger partial charge in [-0.05, 0) is 88.2 Å². The summed E-state index contributed by atoms with van der Waals surface area (Å²) in [4.78, 5) is 10.2. The van der Waals surface area contributed by atoms with Crippen molar-refractivity contribution in [1.29, 1.82) is 0 Å². The van der Waals surface area contributed by atoms with E-state index in [1.807, 2.05) is 40.5 Å². The van der Waals surface area contributed by atoms with Crippen LogP contribution in [0.1, 0.15) is 216 Å². The lowest BCUT2D eigenvalue weighted by Crippen LogP contribution is -2.22. The first-order valence-corrected chi connectivity index (χ1v) is 28.8. The van der Waals surface area contributed by atoms with Gasteiger partial charge in [-0.2, -0.15) is 78.8 Å². The van der Waals surface area contributed by atoms with Crippen molar-refractivity contribution in [2.24, 2.45) is 35.0 Å². The van der Waals surface area contributed by atoms with Crippen molar-refractivity contribution in [3.63, 3.8) is 0 Å². The van der Waals surface area contributed by atoms with Gasteiger partial charge in [-0.3, -0.25) is 4.79 Å². The first-order chi connectivity index (χ1) is 36.3. The standard InChI is InChI=1S/C13H22.C9H9F5.C9H14.C7H10.C5H10O2.C5H9O2.C5H11.2C4H9.C3H6Cl.C3H7/c1-5-6-11-7-9-12(10-8-11)13(2,3)4;1-2-3-4-5(10)7(12)9(14)8(13)6(4)11;1-2-6-9-7-4-3-5-8-9;1-7-5-3-2-4-6-7;1-4(2)5(6)7-3;1-3-4-5(6)7-2;1-4-5(2)3;2*1-3-4-2;1-2-3-4;1-3-2/h7,9-11H,5-6,8H2,1-4H3;4-5H,2-3H2,1H3;3-5,7,9H,2,6,8H2,1H3;2-5,7H,6H2,1H3;6H,1-3H3;3H,4H2,1-2H3;4-5H,1-3H3;2*3H,4H2,1-2H3;2H,3H2,1H3;3H,1-2H3/q;;;;;6*-1/p-1. The van der Waals surface area contributed by atoms with Gasteiger partial charge in [0.2, 0.25) is 0 Å². The lowest BCUT2D eigenvalue weighted by atomic mass is 9.81. The quantitative estimate of drug-likeness (QED) is 0.0606. The molecule has 0 aromatic rings. The predicted molar refractivity (Wildman–Crippen MR) is 329 cm³/mol. The highest BCUT2D eigenvalue weighted by molar-refractivity contribution is 6.18. The number of unbranched alkanes of at least 4 members (excludes halogenated alkanes) is 2. The van der Waals surface area contributed by atoms with Gasteiger partial charge in [0.25, 0.3) is 5.97 Å². The first kappa shape index (κ1) is 87.5. The van der Waals surface area contributed by atoms with E-state index >= 15 is 0 Å². The number of hydrogen-bond acceptors (Lipinski definition) is 4. The molecule has 10 heteroatoms. The normalized spacial score (nSPS) is 18.1. The van der Waals surface area contributed by atoms with E-state index in [0.29, 0.717) is 29.7 Å². The van der Waals surface area contributed by atoms with Crippen molar-refractivity contribution in [2.75, 3.05) is 20.1 Å². The van der Waals surface area contributed by atoms with E-state index < -0.39 is 35.4 Å². The van der Waals surface area contributed by atoms with Crippen molar-refractivity contribution < 1.29 is 41.3 Å². The summed E-state index contributed by atoms with van der Waals surface area (Å²) in [6.45, 7) is 41.1. The molecule has 0 heterocycles. The number of carbonyl (C=O) groups excluding carboxylic acids is 1. The van der Waals surface area contributed by atoms with Gasteiger partial charge >= 0.3 is 0 Å². The summed E-state index contributed by atoms with van der Waals surface area (Å²) in [7, 11) is 2.75. The van der Waals surface area contributed by atoms with Crippen molar-refractivity contribution in [1.82, 2.24) is 0 Å². The zero-order valence-electron chi connectivity index (χ0n) is 52.9. The van der Waals surface area contributed by atoms with Crippen LogP contribution in [0.2, 0.25) is 0 Å². The van der Waals surface area contributed by atoms with Crippen LogP contribution in [0.5, 0.6) is 0 Å². The summed E-state index contributed by atoms with van der Waals surface area (Å²) < 4.78 is 72.3. The average molecular weight is 1120 g/mol. The zero-order valence-corrected chi connectivity index (χ0v) is 53.6. The molecular weight excluding hydrogens is 999 g/mol. The number of hydrogen-bond donors (Lipinski definition) is 0. The Morgan fingerprint density at radius 3 is 1.36 bits per heavy atom. The lowest BCUT2D eigenvalue weighted by Gasteiger charge is -2.24. The predicted octanol–water partition coefficient (Wildman–Crippen LogP) is 22.3. The summed E-state index contributed by atoms with van der Waals surface area (Å²) in [5.74, 6) is -5.45. The Bertz CT molecular complexity index is 1580. The van der Waals surface area contributed by atoms with E-state index in [0.717, 1.165) is 23.7 Å². The van der Waals surface area contributed by atoms with Crippen molar-refractivity contribution in [3.8, 4) is 0 Å². The maximum atomic E-state index is 13.0. The molecule has 0 fully saturated rings. The van der Waals surface area contributed by atoms with E-state index in [1.165, 1.54) is 77.6 Å². The molecule has 0 amide bonds. The van der Waals surface area contributed by atoms with Gasteiger partial charge in [0, 0.05) is 5.95 Å². The number of esters is 1. The molecule has 4 aliphatic carbocycles. The maximum Gasteiger partial charge on any atom is 0.275 e. The number of ether oxygens (including phenoxy) is 2. The molecule has 4 rings (SSSR count). The molecule has 0 N–H and O–H groups in total. The highest BCUT2D eigenvalue weighted by atomic mass is 35.5. The summed E-state index contributed by atoms with van der Waals surface area (Å²) in [5.41, 5.74) is 2.51. The van der Waals surface area contributed by atoms with Gasteiger partial charge in [0.15, 0.2) is 23.7 Å². The molecule has 4 aliphatic rings. The monoisotopic (exact) mass is 1110 g/mol. The molecule has 4 nitrogen and oxygen atoms in total. The Morgan fingerprint density at radius 1 is 0.701 bits per heavy atom. The Balaban J connectivity index is -0.000000145. The van der Waals surface area contributed by atoms with E-state index in [2.05, 4.69) is 186 Å². The third-order valence-corrected chi connectivity index (χ3v) is 10.9. The molecule has 0 spiro atoms. The van der Waals surface area contributed by atoms with Crippen LogP contribution in [0, 0.1) is 73.5 Å². The smallest absolute Gasteiger partial charge is 0.275 e. The van der Waals surface area contributed by atoms with Gasteiger partial charge in [-0.15, -0.1) is 5.88 Å². The van der Waals surface area contributed by atoms with Gasteiger partial charge in [-0.1, -0.05) is 174 Å². The fourth-order valence-electron chi connectivity index (χ4n) is 5.56. The third kappa shape index (κ3) is 60.2. The number of rotatable bonds is 13. The van der Waals surface area contributed by atoms with Gasteiger partial charge < -0.3 is 53.1 Å². The fraction of sp³-hybridized carbons (Fsp3) is 0.627. The molecule has 456 valence electrons. The molecule has 0 saturated carbocycles. The first-order valence-electron chi connectivity index (χ1n) is 28.2. The van der Waals surface area contributed by atoms with Gasteiger partial charge in [0.05, 0.1) is 13.0 Å². The van der Waals surface area contributed by atoms with Gasteiger partial charge in [-0.25, -0.2) is 22.0 Å². The highest BCUT2D eigenvalue weighted by Gasteiger charge is 2.39. The van der Waals surface area contributed by atoms with Crippen LogP contribution < -0.4 is 5.11 Å². The van der Waals surface area contributed by atoms with Gasteiger partial charge in [0.1, 0.15) is 5.83 Å². The minimum absolute atomic E-state index is 0.0544. The number of carbonyl (C=O) groups is 1. The molecule has 0 radical (unpaired) electrons. The molecule has 5 unspecified atom stereocenters. The maximum absolute atomic E-state index is 13.0. The van der Waals surface area contributed by atoms with E-state index in [1.54, 1.807) is 27.2 Å². The number of halogens is 6. The van der Waals surface area contributed by atoms with E-state index in [4.69, 9.17) is 11.6 Å². The van der Waals surface area contributed by atoms with E-state index in [-0.39, 0.29) is 18.3 Å². The summed E-state index contributed by atoms with van der Waals surface area (Å²) in [5, 5.41) is 10.3. The minimum Gasteiger partial charge on any atom is -0.617 e. The van der Waals surface area contributed by atoms with Crippen molar-refractivity contribution >= 4 is 17.6 Å². The second kappa shape index (κ2) is 63.5. The third-order valence-electron chi connectivity index (χ3n) is 10.6. The molecule has 0 saturated heterocycles. The van der Waals surface area contributed by atoms with Crippen molar-refractivity contribution in [2.45, 2.75) is 222 Å². The minimum atomic E-state index is -2.41. The fourth-order valence-corrected chi connectivity index (χ4v) is 5.56. The second-order valence-corrected chi connectivity index (χ2v) is 20.1. The molecule has 0 aliphatic heterocycles. The lowest BCUT2D eigenvalue weighted by molar-refractivity contribution is -0.355. The van der Waals surface area contributed by atoms with Crippen LogP contribution in [0.3, 0.4) is 0 Å². The number of methoxy groups -OCH3 is 2. The molecule has 0 bridgehead atoms. The Labute approximate surface area is 479 Å². The SMILES string of the molecule is CC1C=CC=CC1.CCCC1C(F)=C(F)C(F)=C(F)C1F.CCCC1C=CC(C(C)(C)C)=CC1.CCCC1C=CC=CC1.COC([O-])=C(C)C.C[CH-]C.C[CH-]C(C)C.C[CH-]CC.C[CH-]CC.C[CH-]CC(=O)OC.C[CH-]CCl. The zero-order chi connectivity index (χ0) is 61.2. The van der Waals surface area contributed by atoms with Crippen LogP contribution in [-0.2, 0) is 14.3 Å². The summed E-state index contributed by atoms with van der Waals surface area (Å²) in [6.07, 6.45) is 46.4. The van der Waals surface area contributed by atoms with Crippen LogP contribution in [0.4, 0.5) is 22.0 Å². The molecule has 5 atom stereocenters. The number of alkyl halides is 2. The van der Waals surface area contributed by atoms with Crippen LogP contribution in [0.15, 0.2) is 107 Å². The molecular formula is C67H115ClF5O4-7. The Kier molecular flexibility index (Phi) is 72.2.